The van der Waals surface area contributed by atoms with E-state index < -0.39 is 0 Å². The molecule has 0 aliphatic heterocycles. The average Bonchev–Trinajstić information content (AvgIpc) is 2.71. The third-order valence-electron chi connectivity index (χ3n) is 2.78. The Morgan fingerprint density at radius 3 is 2.83 bits per heavy atom. The molecule has 0 amide bonds. The maximum atomic E-state index is 6.16. The molecule has 0 unspecified atom stereocenters. The number of methoxy groups -OCH3 is 1. The first-order valence-electron chi connectivity index (χ1n) is 5.66. The monoisotopic (exact) mass is 265 g/mol. The smallest absolute Gasteiger partial charge is 0.137 e. The predicted octanol–water partition coefficient (Wildman–Crippen LogP) is 2.47. The molecule has 0 atom stereocenters. The molecule has 0 aliphatic carbocycles. The van der Waals surface area contributed by atoms with Crippen molar-refractivity contribution < 1.29 is 4.74 Å². The van der Waals surface area contributed by atoms with Gasteiger partial charge in [0.2, 0.25) is 0 Å². The summed E-state index contributed by atoms with van der Waals surface area (Å²) in [5.74, 6) is 0.678. The summed E-state index contributed by atoms with van der Waals surface area (Å²) in [4.78, 5) is 4.38. The zero-order valence-corrected chi connectivity index (χ0v) is 11.5. The lowest BCUT2D eigenvalue weighted by molar-refractivity contribution is 0.415. The molecule has 1 aromatic carbocycles. The van der Waals surface area contributed by atoms with Gasteiger partial charge in [-0.05, 0) is 25.2 Å². The predicted molar refractivity (Wildman–Crippen MR) is 73.0 cm³/mol. The number of ether oxygens (including phenoxy) is 1. The van der Waals surface area contributed by atoms with Crippen LogP contribution in [-0.4, -0.2) is 23.7 Å². The van der Waals surface area contributed by atoms with Gasteiger partial charge in [-0.25, -0.2) is 4.98 Å². The van der Waals surface area contributed by atoms with Gasteiger partial charge in [-0.2, -0.15) is 0 Å². The standard InChI is InChI=1S/C13H16ClN3O/c1-15-7-11-13(17(2)8-16-11)9-4-5-12(18-3)10(14)6-9/h4-6,8,15H,7H2,1-3H3. The second-order valence-electron chi connectivity index (χ2n) is 4.03. The Hall–Kier alpha value is -1.52. The van der Waals surface area contributed by atoms with Crippen molar-refractivity contribution in [3.05, 3.63) is 35.2 Å². The van der Waals surface area contributed by atoms with Crippen molar-refractivity contribution in [1.29, 1.82) is 0 Å². The molecule has 18 heavy (non-hydrogen) atoms. The molecule has 0 saturated carbocycles. The minimum Gasteiger partial charge on any atom is -0.495 e. The van der Waals surface area contributed by atoms with Crippen LogP contribution in [-0.2, 0) is 13.6 Å². The van der Waals surface area contributed by atoms with Crippen LogP contribution in [0, 0.1) is 0 Å². The first kappa shape index (κ1) is 12.9. The number of nitrogens with zero attached hydrogens (tertiary/aromatic N) is 2. The van der Waals surface area contributed by atoms with E-state index in [1.54, 1.807) is 13.4 Å². The number of imidazole rings is 1. The van der Waals surface area contributed by atoms with E-state index in [1.165, 1.54) is 0 Å². The van der Waals surface area contributed by atoms with Gasteiger partial charge in [-0.3, -0.25) is 0 Å². The molecule has 0 radical (unpaired) electrons. The maximum absolute atomic E-state index is 6.16. The summed E-state index contributed by atoms with van der Waals surface area (Å²) in [5, 5.41) is 3.71. The van der Waals surface area contributed by atoms with Gasteiger partial charge in [-0.1, -0.05) is 11.6 Å². The molecule has 2 rings (SSSR count). The van der Waals surface area contributed by atoms with Crippen molar-refractivity contribution in [2.75, 3.05) is 14.2 Å². The Kier molecular flexibility index (Phi) is 3.89. The molecule has 5 heteroatoms. The molecule has 2 aromatic rings. The number of hydrogen-bond acceptors (Lipinski definition) is 3. The van der Waals surface area contributed by atoms with Crippen LogP contribution in [0.5, 0.6) is 5.75 Å². The van der Waals surface area contributed by atoms with Crippen molar-refractivity contribution >= 4 is 11.6 Å². The van der Waals surface area contributed by atoms with Crippen molar-refractivity contribution in [2.45, 2.75) is 6.54 Å². The molecule has 0 spiro atoms. The van der Waals surface area contributed by atoms with Crippen molar-refractivity contribution in [3.63, 3.8) is 0 Å². The summed E-state index contributed by atoms with van der Waals surface area (Å²) >= 11 is 6.16. The summed E-state index contributed by atoms with van der Waals surface area (Å²) < 4.78 is 7.15. The fourth-order valence-electron chi connectivity index (χ4n) is 1.96. The van der Waals surface area contributed by atoms with Gasteiger partial charge in [-0.15, -0.1) is 0 Å². The van der Waals surface area contributed by atoms with E-state index >= 15 is 0 Å². The molecule has 1 heterocycles. The molecule has 0 aliphatic rings. The average molecular weight is 266 g/mol. The van der Waals surface area contributed by atoms with Gasteiger partial charge in [0.1, 0.15) is 5.75 Å². The van der Waals surface area contributed by atoms with E-state index in [0.29, 0.717) is 10.8 Å². The van der Waals surface area contributed by atoms with E-state index in [9.17, 15) is 0 Å². The number of rotatable bonds is 4. The van der Waals surface area contributed by atoms with Crippen molar-refractivity contribution in [3.8, 4) is 17.0 Å². The molecule has 0 saturated heterocycles. The first-order valence-corrected chi connectivity index (χ1v) is 6.04. The van der Waals surface area contributed by atoms with Gasteiger partial charge in [0.15, 0.2) is 0 Å². The van der Waals surface area contributed by atoms with Crippen LogP contribution in [0.3, 0.4) is 0 Å². The van der Waals surface area contributed by atoms with Crippen molar-refractivity contribution in [1.82, 2.24) is 14.9 Å². The molecule has 4 nitrogen and oxygen atoms in total. The Labute approximate surface area is 112 Å². The molecule has 0 fully saturated rings. The second-order valence-corrected chi connectivity index (χ2v) is 4.44. The largest absolute Gasteiger partial charge is 0.495 e. The van der Waals surface area contributed by atoms with Crippen LogP contribution in [0.2, 0.25) is 5.02 Å². The molecule has 0 bridgehead atoms. The number of nitrogens with one attached hydrogen (secondary N) is 1. The first-order chi connectivity index (χ1) is 8.67. The second kappa shape index (κ2) is 5.42. The molecule has 96 valence electrons. The Bertz CT molecular complexity index is 551. The topological polar surface area (TPSA) is 39.1 Å². The molecule has 1 N–H and O–H groups in total. The lowest BCUT2D eigenvalue weighted by Gasteiger charge is -2.09. The van der Waals surface area contributed by atoms with E-state index in [4.69, 9.17) is 16.3 Å². The van der Waals surface area contributed by atoms with Crippen LogP contribution in [0.4, 0.5) is 0 Å². The van der Waals surface area contributed by atoms with Crippen LogP contribution in [0.1, 0.15) is 5.69 Å². The number of hydrogen-bond donors (Lipinski definition) is 1. The quantitative estimate of drug-likeness (QED) is 0.923. The van der Waals surface area contributed by atoms with E-state index in [2.05, 4.69) is 10.3 Å². The van der Waals surface area contributed by atoms with Crippen LogP contribution in [0.15, 0.2) is 24.5 Å². The summed E-state index contributed by atoms with van der Waals surface area (Å²) in [7, 11) is 5.48. The minimum atomic E-state index is 0.603. The summed E-state index contributed by atoms with van der Waals surface area (Å²) in [6.07, 6.45) is 1.81. The molecular formula is C13H16ClN3O. The highest BCUT2D eigenvalue weighted by Gasteiger charge is 2.12. The number of halogens is 1. The van der Waals surface area contributed by atoms with Gasteiger partial charge in [0.05, 0.1) is 29.8 Å². The lowest BCUT2D eigenvalue weighted by atomic mass is 10.1. The SMILES string of the molecule is CNCc1ncn(C)c1-c1ccc(OC)c(Cl)c1. The van der Waals surface area contributed by atoms with E-state index in [-0.39, 0.29) is 0 Å². The number of aromatic nitrogens is 2. The highest BCUT2D eigenvalue weighted by molar-refractivity contribution is 6.32. The summed E-state index contributed by atoms with van der Waals surface area (Å²) in [5.41, 5.74) is 3.10. The Morgan fingerprint density at radius 1 is 1.44 bits per heavy atom. The number of benzene rings is 1. The molecule has 1 aromatic heterocycles. The Morgan fingerprint density at radius 2 is 2.22 bits per heavy atom. The Balaban J connectivity index is 2.48. The van der Waals surface area contributed by atoms with E-state index in [0.717, 1.165) is 23.5 Å². The van der Waals surface area contributed by atoms with Crippen molar-refractivity contribution in [2.24, 2.45) is 7.05 Å². The van der Waals surface area contributed by atoms with Crippen LogP contribution < -0.4 is 10.1 Å². The van der Waals surface area contributed by atoms with Gasteiger partial charge >= 0.3 is 0 Å². The van der Waals surface area contributed by atoms with Crippen LogP contribution in [0.25, 0.3) is 11.3 Å². The summed E-state index contributed by atoms with van der Waals surface area (Å²) in [6, 6.07) is 5.76. The van der Waals surface area contributed by atoms with Gasteiger partial charge < -0.3 is 14.6 Å². The molecular weight excluding hydrogens is 250 g/mol. The highest BCUT2D eigenvalue weighted by atomic mass is 35.5. The van der Waals surface area contributed by atoms with E-state index in [1.807, 2.05) is 36.9 Å². The summed E-state index contributed by atoms with van der Waals surface area (Å²) in [6.45, 7) is 0.722. The normalized spacial score (nSPS) is 10.7. The number of aryl methyl sites for hydroxylation is 1. The zero-order chi connectivity index (χ0) is 13.1. The maximum Gasteiger partial charge on any atom is 0.137 e. The fraction of sp³-hybridized carbons (Fsp3) is 0.308. The van der Waals surface area contributed by atoms with Gasteiger partial charge in [0.25, 0.3) is 0 Å². The lowest BCUT2D eigenvalue weighted by Crippen LogP contribution is -2.07. The minimum absolute atomic E-state index is 0.603. The fourth-order valence-corrected chi connectivity index (χ4v) is 2.22. The zero-order valence-electron chi connectivity index (χ0n) is 10.7. The third-order valence-corrected chi connectivity index (χ3v) is 3.08. The third kappa shape index (κ3) is 2.35. The van der Waals surface area contributed by atoms with Crippen LogP contribution >= 0.6 is 11.6 Å². The highest BCUT2D eigenvalue weighted by Crippen LogP contribution is 2.31. The van der Waals surface area contributed by atoms with Gasteiger partial charge in [0, 0.05) is 19.2 Å².